The van der Waals surface area contributed by atoms with E-state index in [1.807, 2.05) is 18.2 Å². The average molecular weight is 257 g/mol. The van der Waals surface area contributed by atoms with Crippen LogP contribution in [0.25, 0.3) is 0 Å². The maximum Gasteiger partial charge on any atom is 0.0869 e. The fourth-order valence-electron chi connectivity index (χ4n) is 2.07. The summed E-state index contributed by atoms with van der Waals surface area (Å²) in [6, 6.07) is 5.42. The zero-order chi connectivity index (χ0) is 11.6. The molecule has 0 heterocycles. The molecule has 0 radical (unpaired) electrons. The second kappa shape index (κ2) is 4.79. The van der Waals surface area contributed by atoms with E-state index in [1.165, 1.54) is 0 Å². The fraction of sp³-hybridized carbons (Fsp3) is 0.385. The van der Waals surface area contributed by atoms with E-state index in [0.717, 1.165) is 24.8 Å². The molecule has 0 bridgehead atoms. The van der Waals surface area contributed by atoms with Gasteiger partial charge in [0.15, 0.2) is 0 Å². The molecule has 0 saturated heterocycles. The topological polar surface area (TPSA) is 20.2 Å². The SMILES string of the molecule is OC1(Cc2c(Cl)cccc2Cl)C=CCCC1. The molecule has 1 aliphatic rings. The summed E-state index contributed by atoms with van der Waals surface area (Å²) in [5.41, 5.74) is 0.0484. The molecule has 0 aromatic heterocycles. The Morgan fingerprint density at radius 2 is 1.94 bits per heavy atom. The normalized spacial score (nSPS) is 24.7. The molecule has 0 aliphatic heterocycles. The maximum atomic E-state index is 10.4. The van der Waals surface area contributed by atoms with Crippen molar-refractivity contribution >= 4 is 23.2 Å². The maximum absolute atomic E-state index is 10.4. The summed E-state index contributed by atoms with van der Waals surface area (Å²) in [5, 5.41) is 11.6. The first kappa shape index (κ1) is 12.0. The number of aliphatic hydroxyl groups is 1. The second-order valence-corrected chi connectivity index (χ2v) is 5.09. The third-order valence-corrected chi connectivity index (χ3v) is 3.66. The molecule has 0 saturated carbocycles. The Bertz CT molecular complexity index is 394. The predicted molar refractivity (Wildman–Crippen MR) is 68.1 cm³/mol. The highest BCUT2D eigenvalue weighted by atomic mass is 35.5. The van der Waals surface area contributed by atoms with E-state index in [9.17, 15) is 5.11 Å². The molecule has 0 fully saturated rings. The predicted octanol–water partition coefficient (Wildman–Crippen LogP) is 4.01. The van der Waals surface area contributed by atoms with Gasteiger partial charge >= 0.3 is 0 Å². The Labute approximate surface area is 106 Å². The highest BCUT2D eigenvalue weighted by Gasteiger charge is 2.27. The minimum Gasteiger partial charge on any atom is -0.385 e. The molecule has 1 aliphatic carbocycles. The van der Waals surface area contributed by atoms with Crippen LogP contribution in [0.2, 0.25) is 10.0 Å². The minimum atomic E-state index is -0.785. The first-order valence-electron chi connectivity index (χ1n) is 5.44. The van der Waals surface area contributed by atoms with Gasteiger partial charge in [0.2, 0.25) is 0 Å². The number of allylic oxidation sites excluding steroid dienone is 1. The Balaban J connectivity index is 2.26. The van der Waals surface area contributed by atoms with Gasteiger partial charge in [-0.2, -0.15) is 0 Å². The quantitative estimate of drug-likeness (QED) is 0.794. The zero-order valence-corrected chi connectivity index (χ0v) is 10.4. The lowest BCUT2D eigenvalue weighted by Crippen LogP contribution is -2.30. The third kappa shape index (κ3) is 2.60. The van der Waals surface area contributed by atoms with Crippen molar-refractivity contribution in [3.63, 3.8) is 0 Å². The number of hydrogen-bond donors (Lipinski definition) is 1. The molecule has 1 aromatic rings. The van der Waals surface area contributed by atoms with Gasteiger partial charge in [-0.15, -0.1) is 0 Å². The molecule has 86 valence electrons. The first-order valence-corrected chi connectivity index (χ1v) is 6.19. The Kier molecular flexibility index (Phi) is 3.58. The van der Waals surface area contributed by atoms with Crippen LogP contribution in [0.3, 0.4) is 0 Å². The van der Waals surface area contributed by atoms with E-state index in [2.05, 4.69) is 0 Å². The van der Waals surface area contributed by atoms with Crippen LogP contribution in [0.1, 0.15) is 24.8 Å². The molecule has 1 nitrogen and oxygen atoms in total. The molecule has 3 heteroatoms. The lowest BCUT2D eigenvalue weighted by atomic mass is 9.85. The third-order valence-electron chi connectivity index (χ3n) is 2.95. The van der Waals surface area contributed by atoms with Crippen LogP contribution < -0.4 is 0 Å². The second-order valence-electron chi connectivity index (χ2n) is 4.28. The summed E-state index contributed by atoms with van der Waals surface area (Å²) in [6.45, 7) is 0. The van der Waals surface area contributed by atoms with Gasteiger partial charge in [-0.3, -0.25) is 0 Å². The van der Waals surface area contributed by atoms with Crippen LogP contribution in [0.4, 0.5) is 0 Å². The summed E-state index contributed by atoms with van der Waals surface area (Å²) in [5.74, 6) is 0. The molecule has 1 atom stereocenters. The lowest BCUT2D eigenvalue weighted by Gasteiger charge is -2.28. The van der Waals surface area contributed by atoms with Crippen LogP contribution >= 0.6 is 23.2 Å². The molecule has 16 heavy (non-hydrogen) atoms. The van der Waals surface area contributed by atoms with Crippen molar-refractivity contribution in [3.8, 4) is 0 Å². The number of benzene rings is 1. The molecule has 0 spiro atoms. The van der Waals surface area contributed by atoms with Gasteiger partial charge in [0.25, 0.3) is 0 Å². The molecular formula is C13H14Cl2O. The van der Waals surface area contributed by atoms with Crippen molar-refractivity contribution in [2.45, 2.75) is 31.3 Å². The monoisotopic (exact) mass is 256 g/mol. The number of hydrogen-bond acceptors (Lipinski definition) is 1. The van der Waals surface area contributed by atoms with Gasteiger partial charge in [0.1, 0.15) is 0 Å². The van der Waals surface area contributed by atoms with Crippen molar-refractivity contribution in [1.29, 1.82) is 0 Å². The van der Waals surface area contributed by atoms with Crippen molar-refractivity contribution in [3.05, 3.63) is 46.0 Å². The smallest absolute Gasteiger partial charge is 0.0869 e. The largest absolute Gasteiger partial charge is 0.385 e. The fourth-order valence-corrected chi connectivity index (χ4v) is 2.60. The Hall–Kier alpha value is -0.500. The zero-order valence-electron chi connectivity index (χ0n) is 8.92. The van der Waals surface area contributed by atoms with Gasteiger partial charge < -0.3 is 5.11 Å². The van der Waals surface area contributed by atoms with E-state index in [-0.39, 0.29) is 0 Å². The average Bonchev–Trinajstić information content (AvgIpc) is 2.25. The molecule has 0 amide bonds. The van der Waals surface area contributed by atoms with Gasteiger partial charge in [-0.25, -0.2) is 0 Å². The number of halogens is 2. The van der Waals surface area contributed by atoms with Crippen LogP contribution in [-0.4, -0.2) is 10.7 Å². The molecule has 1 unspecified atom stereocenters. The number of rotatable bonds is 2. The van der Waals surface area contributed by atoms with E-state index in [0.29, 0.717) is 16.5 Å². The van der Waals surface area contributed by atoms with Crippen molar-refractivity contribution in [2.24, 2.45) is 0 Å². The molecule has 1 N–H and O–H groups in total. The summed E-state index contributed by atoms with van der Waals surface area (Å²) in [7, 11) is 0. The van der Waals surface area contributed by atoms with Crippen LogP contribution in [0, 0.1) is 0 Å². The molecular weight excluding hydrogens is 243 g/mol. The van der Waals surface area contributed by atoms with Gasteiger partial charge in [0.05, 0.1) is 5.60 Å². The Morgan fingerprint density at radius 3 is 2.50 bits per heavy atom. The lowest BCUT2D eigenvalue weighted by molar-refractivity contribution is 0.0751. The minimum absolute atomic E-state index is 0.488. The molecule has 1 aromatic carbocycles. The highest BCUT2D eigenvalue weighted by Crippen LogP contribution is 2.32. The summed E-state index contributed by atoms with van der Waals surface area (Å²) >= 11 is 12.2. The molecule has 2 rings (SSSR count). The van der Waals surface area contributed by atoms with Gasteiger partial charge in [0, 0.05) is 16.5 Å². The van der Waals surface area contributed by atoms with E-state index in [4.69, 9.17) is 23.2 Å². The van der Waals surface area contributed by atoms with Crippen LogP contribution in [0.15, 0.2) is 30.4 Å². The summed E-state index contributed by atoms with van der Waals surface area (Å²) in [4.78, 5) is 0. The van der Waals surface area contributed by atoms with Gasteiger partial charge in [-0.05, 0) is 37.0 Å². The van der Waals surface area contributed by atoms with E-state index >= 15 is 0 Å². The summed E-state index contributed by atoms with van der Waals surface area (Å²) in [6.07, 6.45) is 7.20. The highest BCUT2D eigenvalue weighted by molar-refractivity contribution is 6.36. The Morgan fingerprint density at radius 1 is 1.25 bits per heavy atom. The first-order chi connectivity index (χ1) is 7.61. The van der Waals surface area contributed by atoms with Crippen molar-refractivity contribution in [2.75, 3.05) is 0 Å². The van der Waals surface area contributed by atoms with Crippen LogP contribution in [-0.2, 0) is 6.42 Å². The van der Waals surface area contributed by atoms with Gasteiger partial charge in [-0.1, -0.05) is 41.4 Å². The standard InChI is InChI=1S/C13H14Cl2O/c14-11-5-4-6-12(15)10(11)9-13(16)7-2-1-3-8-13/h2,4-7,16H,1,3,8-9H2. The summed E-state index contributed by atoms with van der Waals surface area (Å²) < 4.78 is 0. The van der Waals surface area contributed by atoms with E-state index < -0.39 is 5.60 Å². The van der Waals surface area contributed by atoms with Crippen LogP contribution in [0.5, 0.6) is 0 Å². The van der Waals surface area contributed by atoms with E-state index in [1.54, 1.807) is 12.1 Å². The van der Waals surface area contributed by atoms with Crippen molar-refractivity contribution in [1.82, 2.24) is 0 Å². The van der Waals surface area contributed by atoms with Crippen molar-refractivity contribution < 1.29 is 5.11 Å².